The molecule has 1 aromatic carbocycles. The van der Waals surface area contributed by atoms with Crippen LogP contribution >= 0.6 is 0 Å². The zero-order chi connectivity index (χ0) is 15.0. The van der Waals surface area contributed by atoms with E-state index in [4.69, 9.17) is 0 Å². The minimum Gasteiger partial charge on any atom is -0.352 e. The average Bonchev–Trinajstić information content (AvgIpc) is 3.14. The van der Waals surface area contributed by atoms with Crippen molar-refractivity contribution in [2.24, 2.45) is 0 Å². The zero-order valence-electron chi connectivity index (χ0n) is 12.7. The summed E-state index contributed by atoms with van der Waals surface area (Å²) in [4.78, 5) is 26.8. The molecular formula is C17H22N2O2. The van der Waals surface area contributed by atoms with Crippen molar-refractivity contribution < 1.29 is 9.59 Å². The predicted molar refractivity (Wildman–Crippen MR) is 81.1 cm³/mol. The first kappa shape index (κ1) is 14.1. The highest BCUT2D eigenvalue weighted by molar-refractivity contribution is 5.99. The van der Waals surface area contributed by atoms with Gasteiger partial charge in [-0.05, 0) is 56.7 Å². The fraction of sp³-hybridized carbons (Fsp3) is 0.529. The lowest BCUT2D eigenvalue weighted by molar-refractivity contribution is -0.125. The summed E-state index contributed by atoms with van der Waals surface area (Å²) in [6, 6.07) is 5.82. The summed E-state index contributed by atoms with van der Waals surface area (Å²) in [6.07, 6.45) is 3.82. The first-order valence-electron chi connectivity index (χ1n) is 7.75. The molecule has 3 rings (SSSR count). The number of nitrogens with zero attached hydrogens (tertiary/aromatic N) is 1. The molecule has 4 nitrogen and oxygen atoms in total. The van der Waals surface area contributed by atoms with E-state index in [0.717, 1.165) is 42.4 Å². The third-order valence-corrected chi connectivity index (χ3v) is 4.58. The molecule has 1 N–H and O–H groups in total. The highest BCUT2D eigenvalue weighted by Gasteiger charge is 2.37. The Balaban J connectivity index is 1.79. The molecule has 1 saturated carbocycles. The fourth-order valence-corrected chi connectivity index (χ4v) is 2.94. The molecule has 0 radical (unpaired) electrons. The lowest BCUT2D eigenvalue weighted by atomic mass is 10.0. The maximum atomic E-state index is 12.8. The molecular weight excluding hydrogens is 264 g/mol. The minimum atomic E-state index is -0.294. The number of amides is 2. The standard InChI is InChI=1S/C17H22N2O2/c1-11-5-3-6-14(12(11)2)17(21)19-10-4-7-15(19)16(20)18-13-8-9-13/h3,5-6,13,15H,4,7-10H2,1-2H3,(H,18,20)/t15-/m1/s1. The van der Waals surface area contributed by atoms with Gasteiger partial charge in [0.1, 0.15) is 6.04 Å². The van der Waals surface area contributed by atoms with Gasteiger partial charge in [-0.2, -0.15) is 0 Å². The minimum absolute atomic E-state index is 0.00959. The zero-order valence-corrected chi connectivity index (χ0v) is 12.7. The molecule has 2 aliphatic rings. The molecule has 112 valence electrons. The fourth-order valence-electron chi connectivity index (χ4n) is 2.94. The van der Waals surface area contributed by atoms with Crippen molar-refractivity contribution in [1.29, 1.82) is 0 Å². The average molecular weight is 286 g/mol. The monoisotopic (exact) mass is 286 g/mol. The Labute approximate surface area is 125 Å². The van der Waals surface area contributed by atoms with Crippen molar-refractivity contribution in [3.8, 4) is 0 Å². The molecule has 0 bridgehead atoms. The molecule has 1 heterocycles. The third kappa shape index (κ3) is 2.80. The molecule has 0 spiro atoms. The van der Waals surface area contributed by atoms with E-state index in [1.807, 2.05) is 32.0 Å². The number of aryl methyl sites for hydroxylation is 1. The van der Waals surface area contributed by atoms with Crippen LogP contribution in [0.1, 0.15) is 47.2 Å². The van der Waals surface area contributed by atoms with E-state index in [1.165, 1.54) is 0 Å². The van der Waals surface area contributed by atoms with E-state index in [9.17, 15) is 9.59 Å². The molecule has 1 aromatic rings. The van der Waals surface area contributed by atoms with Crippen molar-refractivity contribution >= 4 is 11.8 Å². The van der Waals surface area contributed by atoms with E-state index in [-0.39, 0.29) is 17.9 Å². The number of carbonyl (C=O) groups excluding carboxylic acids is 2. The topological polar surface area (TPSA) is 49.4 Å². The Kier molecular flexibility index (Phi) is 3.70. The molecule has 0 aromatic heterocycles. The SMILES string of the molecule is Cc1cccc(C(=O)N2CCC[C@@H]2C(=O)NC2CC2)c1C. The third-order valence-electron chi connectivity index (χ3n) is 4.58. The summed E-state index contributed by atoms with van der Waals surface area (Å²) < 4.78 is 0. The van der Waals surface area contributed by atoms with E-state index in [0.29, 0.717) is 12.6 Å². The van der Waals surface area contributed by atoms with Crippen LogP contribution in [0.3, 0.4) is 0 Å². The predicted octanol–water partition coefficient (Wildman–Crippen LogP) is 2.19. The largest absolute Gasteiger partial charge is 0.352 e. The second-order valence-electron chi connectivity index (χ2n) is 6.19. The molecule has 2 amide bonds. The van der Waals surface area contributed by atoms with Crippen molar-refractivity contribution in [3.63, 3.8) is 0 Å². The quantitative estimate of drug-likeness (QED) is 0.926. The van der Waals surface area contributed by atoms with E-state index < -0.39 is 0 Å². The molecule has 21 heavy (non-hydrogen) atoms. The Bertz CT molecular complexity index is 578. The maximum Gasteiger partial charge on any atom is 0.254 e. The number of benzene rings is 1. The van der Waals surface area contributed by atoms with E-state index in [2.05, 4.69) is 5.32 Å². The first-order chi connectivity index (χ1) is 10.1. The highest BCUT2D eigenvalue weighted by atomic mass is 16.2. The van der Waals surface area contributed by atoms with Gasteiger partial charge in [0.05, 0.1) is 0 Å². The van der Waals surface area contributed by atoms with E-state index in [1.54, 1.807) is 4.90 Å². The Morgan fingerprint density at radius 1 is 1.19 bits per heavy atom. The van der Waals surface area contributed by atoms with Crippen LogP contribution in [0.2, 0.25) is 0 Å². The normalized spacial score (nSPS) is 21.4. The van der Waals surface area contributed by atoms with Gasteiger partial charge in [0, 0.05) is 18.2 Å². The van der Waals surface area contributed by atoms with Crippen molar-refractivity contribution in [1.82, 2.24) is 10.2 Å². The highest BCUT2D eigenvalue weighted by Crippen LogP contribution is 2.25. The molecule has 4 heteroatoms. The van der Waals surface area contributed by atoms with Crippen molar-refractivity contribution in [2.75, 3.05) is 6.54 Å². The second-order valence-corrected chi connectivity index (χ2v) is 6.19. The smallest absolute Gasteiger partial charge is 0.254 e. The van der Waals surface area contributed by atoms with Crippen LogP contribution in [0.4, 0.5) is 0 Å². The lowest BCUT2D eigenvalue weighted by Crippen LogP contribution is -2.46. The van der Waals surface area contributed by atoms with Crippen LogP contribution in [-0.4, -0.2) is 35.3 Å². The van der Waals surface area contributed by atoms with Crippen LogP contribution in [0.5, 0.6) is 0 Å². The molecule has 1 aliphatic carbocycles. The molecule has 2 fully saturated rings. The van der Waals surface area contributed by atoms with Crippen molar-refractivity contribution in [3.05, 3.63) is 34.9 Å². The summed E-state index contributed by atoms with van der Waals surface area (Å²) in [5.41, 5.74) is 2.84. The summed E-state index contributed by atoms with van der Waals surface area (Å²) in [5, 5.41) is 3.03. The Hall–Kier alpha value is -1.84. The van der Waals surface area contributed by atoms with Gasteiger partial charge in [0.15, 0.2) is 0 Å². The molecule has 1 atom stereocenters. The summed E-state index contributed by atoms with van der Waals surface area (Å²) in [6.45, 7) is 4.65. The summed E-state index contributed by atoms with van der Waals surface area (Å²) in [5.74, 6) is 0.0123. The number of likely N-dealkylation sites (tertiary alicyclic amines) is 1. The van der Waals surface area contributed by atoms with Crippen molar-refractivity contribution in [2.45, 2.75) is 51.6 Å². The maximum absolute atomic E-state index is 12.8. The van der Waals surface area contributed by atoms with Gasteiger partial charge >= 0.3 is 0 Å². The van der Waals surface area contributed by atoms with E-state index >= 15 is 0 Å². The second kappa shape index (κ2) is 5.51. The Morgan fingerprint density at radius 3 is 2.67 bits per heavy atom. The van der Waals surface area contributed by atoms with Gasteiger partial charge < -0.3 is 10.2 Å². The van der Waals surface area contributed by atoms with Gasteiger partial charge in [-0.15, -0.1) is 0 Å². The number of hydrogen-bond donors (Lipinski definition) is 1. The first-order valence-corrected chi connectivity index (χ1v) is 7.75. The van der Waals surface area contributed by atoms with Gasteiger partial charge in [-0.3, -0.25) is 9.59 Å². The molecule has 1 saturated heterocycles. The number of rotatable bonds is 3. The number of nitrogens with one attached hydrogen (secondary N) is 1. The number of carbonyl (C=O) groups is 2. The molecule has 0 unspecified atom stereocenters. The molecule has 1 aliphatic heterocycles. The van der Waals surface area contributed by atoms with Crippen LogP contribution in [0.15, 0.2) is 18.2 Å². The summed E-state index contributed by atoms with van der Waals surface area (Å²) in [7, 11) is 0. The van der Waals surface area contributed by atoms with Gasteiger partial charge in [0.25, 0.3) is 5.91 Å². The van der Waals surface area contributed by atoms with Crippen LogP contribution < -0.4 is 5.32 Å². The van der Waals surface area contributed by atoms with Crippen LogP contribution in [0.25, 0.3) is 0 Å². The number of hydrogen-bond acceptors (Lipinski definition) is 2. The van der Waals surface area contributed by atoms with Crippen LogP contribution in [-0.2, 0) is 4.79 Å². The van der Waals surface area contributed by atoms with Gasteiger partial charge in [0.2, 0.25) is 5.91 Å². The van der Waals surface area contributed by atoms with Gasteiger partial charge in [-0.1, -0.05) is 12.1 Å². The Morgan fingerprint density at radius 2 is 1.95 bits per heavy atom. The lowest BCUT2D eigenvalue weighted by Gasteiger charge is -2.25. The van der Waals surface area contributed by atoms with Crippen LogP contribution in [0, 0.1) is 13.8 Å². The van der Waals surface area contributed by atoms with Gasteiger partial charge in [-0.25, -0.2) is 0 Å². The summed E-state index contributed by atoms with van der Waals surface area (Å²) >= 11 is 0.